The number of nitrogens with one attached hydrogen (secondary N) is 1. The molecule has 31 heavy (non-hydrogen) atoms. The van der Waals surface area contributed by atoms with Crippen molar-refractivity contribution in [3.8, 4) is 6.07 Å². The second kappa shape index (κ2) is 9.87. The Balaban J connectivity index is 1.65. The highest BCUT2D eigenvalue weighted by Crippen LogP contribution is 2.24. The molecular formula is C21H26N6O3S. The third-order valence-corrected chi connectivity index (χ3v) is 6.37. The van der Waals surface area contributed by atoms with Crippen LogP contribution in [0.2, 0.25) is 0 Å². The number of unbranched alkanes of at least 4 members (excludes halogenated alkanes) is 1. The fourth-order valence-electron chi connectivity index (χ4n) is 3.30. The van der Waals surface area contributed by atoms with Crippen molar-refractivity contribution in [2.75, 3.05) is 18.9 Å². The summed E-state index contributed by atoms with van der Waals surface area (Å²) in [5.41, 5.74) is 9.00. The molecule has 3 N–H and O–H groups in total. The van der Waals surface area contributed by atoms with E-state index in [-0.39, 0.29) is 4.90 Å². The Morgan fingerprint density at radius 1 is 1.26 bits per heavy atom. The number of pyridine rings is 1. The number of nitrogen functional groups attached to an aromatic ring is 1. The topological polar surface area (TPSA) is 136 Å². The first-order valence-corrected chi connectivity index (χ1v) is 11.5. The first-order chi connectivity index (χ1) is 14.9. The number of fused-ring (bicyclic) bond motifs is 1. The van der Waals surface area contributed by atoms with E-state index in [0.717, 1.165) is 23.3 Å². The van der Waals surface area contributed by atoms with Gasteiger partial charge in [0, 0.05) is 25.9 Å². The minimum Gasteiger partial charge on any atom is -0.382 e. The average Bonchev–Trinajstić information content (AvgIpc) is 3.14. The third-order valence-electron chi connectivity index (χ3n) is 4.89. The molecule has 0 aliphatic rings. The predicted molar refractivity (Wildman–Crippen MR) is 118 cm³/mol. The first-order valence-electron chi connectivity index (χ1n) is 10.0. The van der Waals surface area contributed by atoms with Gasteiger partial charge in [0.15, 0.2) is 5.82 Å². The van der Waals surface area contributed by atoms with Crippen molar-refractivity contribution in [1.29, 1.82) is 5.26 Å². The van der Waals surface area contributed by atoms with Crippen LogP contribution < -0.4 is 10.5 Å². The van der Waals surface area contributed by atoms with Gasteiger partial charge in [-0.3, -0.25) is 0 Å². The van der Waals surface area contributed by atoms with Crippen molar-refractivity contribution >= 4 is 26.9 Å². The van der Waals surface area contributed by atoms with Crippen molar-refractivity contribution in [1.82, 2.24) is 19.3 Å². The molecule has 0 aliphatic carbocycles. The molecule has 1 aromatic carbocycles. The van der Waals surface area contributed by atoms with Crippen molar-refractivity contribution in [2.24, 2.45) is 0 Å². The molecule has 2 aromatic heterocycles. The summed E-state index contributed by atoms with van der Waals surface area (Å²) in [5, 5.41) is 8.84. The lowest BCUT2D eigenvalue weighted by molar-refractivity contribution is 0.126. The minimum atomic E-state index is -3.61. The number of anilines is 1. The largest absolute Gasteiger partial charge is 0.382 e. The van der Waals surface area contributed by atoms with E-state index in [1.165, 1.54) is 24.3 Å². The number of aromatic nitrogens is 3. The molecule has 0 aliphatic heterocycles. The molecule has 0 radical (unpaired) electrons. The number of imidazole rings is 1. The highest BCUT2D eigenvalue weighted by Gasteiger charge is 2.16. The summed E-state index contributed by atoms with van der Waals surface area (Å²) in [6, 6.07) is 7.81. The number of nitrogens with zero attached hydrogens (tertiary/aromatic N) is 4. The van der Waals surface area contributed by atoms with Gasteiger partial charge in [-0.2, -0.15) is 5.26 Å². The lowest BCUT2D eigenvalue weighted by Crippen LogP contribution is -2.25. The van der Waals surface area contributed by atoms with Crippen molar-refractivity contribution in [2.45, 2.75) is 44.7 Å². The first kappa shape index (κ1) is 22.7. The fraction of sp³-hybridized carbons (Fsp3) is 0.381. The van der Waals surface area contributed by atoms with E-state index in [2.05, 4.69) is 19.3 Å². The van der Waals surface area contributed by atoms with Crippen LogP contribution in [0.15, 0.2) is 35.4 Å². The van der Waals surface area contributed by atoms with Gasteiger partial charge >= 0.3 is 0 Å². The number of sulfonamides is 1. The van der Waals surface area contributed by atoms with Crippen LogP contribution in [-0.2, 0) is 27.9 Å². The smallest absolute Gasteiger partial charge is 0.240 e. The summed E-state index contributed by atoms with van der Waals surface area (Å²) in [6.07, 6.45) is 3.11. The second-order valence-corrected chi connectivity index (χ2v) is 8.85. The van der Waals surface area contributed by atoms with Crippen LogP contribution >= 0.6 is 0 Å². The van der Waals surface area contributed by atoms with Crippen molar-refractivity contribution < 1.29 is 13.2 Å². The van der Waals surface area contributed by atoms with E-state index in [1.807, 2.05) is 19.9 Å². The molecule has 0 spiro atoms. The third kappa shape index (κ3) is 5.19. The van der Waals surface area contributed by atoms with Gasteiger partial charge in [0.25, 0.3) is 0 Å². The highest BCUT2D eigenvalue weighted by atomic mass is 32.2. The minimum absolute atomic E-state index is 0.143. The van der Waals surface area contributed by atoms with E-state index in [1.54, 1.807) is 6.20 Å². The summed E-state index contributed by atoms with van der Waals surface area (Å²) >= 11 is 0. The Labute approximate surface area is 181 Å². The summed E-state index contributed by atoms with van der Waals surface area (Å²) in [6.45, 7) is 5.79. The van der Waals surface area contributed by atoms with Crippen LogP contribution in [0.25, 0.3) is 11.0 Å². The maximum atomic E-state index is 12.4. The van der Waals surface area contributed by atoms with Gasteiger partial charge < -0.3 is 15.0 Å². The van der Waals surface area contributed by atoms with Crippen LogP contribution in [0, 0.1) is 18.3 Å². The molecule has 10 heteroatoms. The molecule has 0 unspecified atom stereocenters. The summed E-state index contributed by atoms with van der Waals surface area (Å²) in [7, 11) is -3.61. The Bertz CT molecular complexity index is 1200. The lowest BCUT2D eigenvalue weighted by Gasteiger charge is -2.11. The summed E-state index contributed by atoms with van der Waals surface area (Å²) < 4.78 is 35.0. The lowest BCUT2D eigenvalue weighted by atomic mass is 10.2. The van der Waals surface area contributed by atoms with Crippen molar-refractivity contribution in [3.63, 3.8) is 0 Å². The molecule has 2 heterocycles. The van der Waals surface area contributed by atoms with E-state index in [9.17, 15) is 8.42 Å². The van der Waals surface area contributed by atoms with E-state index in [4.69, 9.17) is 15.7 Å². The molecule has 9 nitrogen and oxygen atoms in total. The summed E-state index contributed by atoms with van der Waals surface area (Å²) in [5.74, 6) is 1.16. The second-order valence-electron chi connectivity index (χ2n) is 7.08. The van der Waals surface area contributed by atoms with E-state index >= 15 is 0 Å². The molecule has 0 amide bonds. The maximum Gasteiger partial charge on any atom is 0.240 e. The number of benzene rings is 1. The molecule has 3 rings (SSSR count). The fourth-order valence-corrected chi connectivity index (χ4v) is 4.38. The van der Waals surface area contributed by atoms with Gasteiger partial charge in [0.1, 0.15) is 17.9 Å². The van der Waals surface area contributed by atoms with Gasteiger partial charge in [-0.05, 0) is 56.5 Å². The molecule has 164 valence electrons. The number of rotatable bonds is 10. The molecule has 0 fully saturated rings. The number of ether oxygens (including phenoxy) is 1. The van der Waals surface area contributed by atoms with Crippen molar-refractivity contribution in [3.05, 3.63) is 47.4 Å². The van der Waals surface area contributed by atoms with Gasteiger partial charge in [-0.1, -0.05) is 0 Å². The Hall–Kier alpha value is -3.00. The van der Waals surface area contributed by atoms with Crippen LogP contribution in [0.4, 0.5) is 5.82 Å². The maximum absolute atomic E-state index is 12.4. The van der Waals surface area contributed by atoms with E-state index in [0.29, 0.717) is 49.6 Å². The van der Waals surface area contributed by atoms with E-state index < -0.39 is 10.0 Å². The Morgan fingerprint density at radius 3 is 2.68 bits per heavy atom. The van der Waals surface area contributed by atoms with Gasteiger partial charge in [-0.25, -0.2) is 23.1 Å². The Kier molecular flexibility index (Phi) is 7.22. The predicted octanol–water partition coefficient (Wildman–Crippen LogP) is 2.49. The number of hydrogen-bond acceptors (Lipinski definition) is 7. The van der Waals surface area contributed by atoms with Crippen LogP contribution in [0.5, 0.6) is 0 Å². The zero-order chi connectivity index (χ0) is 22.4. The Morgan fingerprint density at radius 2 is 2.00 bits per heavy atom. The number of hydrogen-bond donors (Lipinski definition) is 2. The van der Waals surface area contributed by atoms with Crippen LogP contribution in [0.3, 0.4) is 0 Å². The molecule has 0 saturated carbocycles. The number of aryl methyl sites for hydroxylation is 2. The van der Waals surface area contributed by atoms with Gasteiger partial charge in [0.2, 0.25) is 10.0 Å². The molecule has 3 aromatic rings. The van der Waals surface area contributed by atoms with Crippen LogP contribution in [-0.4, -0.2) is 36.1 Å². The molecular weight excluding hydrogens is 416 g/mol. The quantitative estimate of drug-likeness (QED) is 0.460. The SMILES string of the molecule is CCOCc1nc2c(N)ncc(C)c2n1CCCCNS(=O)(=O)c1ccc(C#N)cc1. The normalized spacial score (nSPS) is 11.6. The number of nitriles is 1. The van der Waals surface area contributed by atoms with Gasteiger partial charge in [0.05, 0.1) is 22.0 Å². The van der Waals surface area contributed by atoms with Gasteiger partial charge in [-0.15, -0.1) is 0 Å². The monoisotopic (exact) mass is 442 g/mol. The summed E-state index contributed by atoms with van der Waals surface area (Å²) in [4.78, 5) is 8.95. The molecule has 0 atom stereocenters. The highest BCUT2D eigenvalue weighted by molar-refractivity contribution is 7.89. The number of nitrogens with two attached hydrogens (primary N) is 1. The standard InChI is InChI=1S/C21H26N6O3S/c1-3-30-14-18-26-19-20(15(2)13-24-21(19)23)27(18)11-5-4-10-25-31(28,29)17-8-6-16(12-22)7-9-17/h6-9,13,25H,3-5,10-11,14H2,1-2H3,(H2,23,24). The zero-order valence-electron chi connectivity index (χ0n) is 17.6. The molecule has 0 bridgehead atoms. The molecule has 0 saturated heterocycles. The van der Waals surface area contributed by atoms with Crippen LogP contribution in [0.1, 0.15) is 36.7 Å². The average molecular weight is 443 g/mol. The zero-order valence-corrected chi connectivity index (χ0v) is 18.4.